The number of rotatable bonds is 8. The molecule has 2 aromatic heterocycles. The molecule has 0 unspecified atom stereocenters. The van der Waals surface area contributed by atoms with Gasteiger partial charge >= 0.3 is 12.0 Å². The average molecular weight is 414 g/mol. The van der Waals surface area contributed by atoms with Crippen LogP contribution in [0.2, 0.25) is 0 Å². The van der Waals surface area contributed by atoms with E-state index in [1.54, 1.807) is 12.2 Å². The topological polar surface area (TPSA) is 102 Å². The monoisotopic (exact) mass is 414 g/mol. The summed E-state index contributed by atoms with van der Waals surface area (Å²) in [5.74, 6) is 0.736. The Morgan fingerprint density at radius 2 is 1.06 bits per heavy atom. The van der Waals surface area contributed by atoms with Crippen molar-refractivity contribution in [3.63, 3.8) is 0 Å². The number of aromatic nitrogens is 6. The molecular formula is C23H22N6O2. The molecule has 0 radical (unpaired) electrons. The van der Waals surface area contributed by atoms with E-state index in [2.05, 4.69) is 33.3 Å². The largest absolute Gasteiger partial charge is 0.479 e. The predicted octanol–water partition coefficient (Wildman–Crippen LogP) is 3.25. The maximum atomic E-state index is 10.1. The van der Waals surface area contributed by atoms with Crippen molar-refractivity contribution in [3.8, 4) is 12.0 Å². The number of benzene rings is 2. The number of aromatic hydroxyl groups is 2. The number of nitrogens with zero attached hydrogens (tertiary/aromatic N) is 6. The zero-order chi connectivity index (χ0) is 21.8. The van der Waals surface area contributed by atoms with Crippen LogP contribution in [0, 0.1) is 0 Å². The Labute approximate surface area is 179 Å². The van der Waals surface area contributed by atoms with E-state index in [0.717, 1.165) is 22.3 Å². The molecule has 8 nitrogen and oxygen atoms in total. The van der Waals surface area contributed by atoms with E-state index >= 15 is 0 Å². The lowest BCUT2D eigenvalue weighted by atomic mass is 10.1. The Balaban J connectivity index is 1.45. The van der Waals surface area contributed by atoms with E-state index in [1.807, 2.05) is 48.5 Å². The van der Waals surface area contributed by atoms with Crippen molar-refractivity contribution in [2.45, 2.75) is 19.5 Å². The number of hydrogen-bond donors (Lipinski definition) is 2. The van der Waals surface area contributed by atoms with E-state index < -0.39 is 0 Å². The summed E-state index contributed by atoms with van der Waals surface area (Å²) in [6, 6.07) is 15.2. The molecule has 0 aliphatic rings. The van der Waals surface area contributed by atoms with Gasteiger partial charge in [-0.3, -0.25) is 0 Å². The van der Waals surface area contributed by atoms with Crippen molar-refractivity contribution in [2.24, 2.45) is 0 Å². The van der Waals surface area contributed by atoms with Gasteiger partial charge in [-0.2, -0.15) is 20.2 Å². The van der Waals surface area contributed by atoms with E-state index in [9.17, 15) is 10.2 Å². The molecule has 0 aliphatic heterocycles. The SMILES string of the molecule is C=Cc1ccc(Cn2nc(Cc3nc(O)n(Cc4ccc(C=C)cc4)n3)nc2O)cc1. The molecule has 156 valence electrons. The van der Waals surface area contributed by atoms with Gasteiger partial charge in [-0.05, 0) is 22.3 Å². The summed E-state index contributed by atoms with van der Waals surface area (Å²) < 4.78 is 2.83. The molecule has 2 N–H and O–H groups in total. The van der Waals surface area contributed by atoms with Crippen LogP contribution < -0.4 is 0 Å². The van der Waals surface area contributed by atoms with E-state index in [-0.39, 0.29) is 18.4 Å². The van der Waals surface area contributed by atoms with Gasteiger partial charge in [-0.1, -0.05) is 73.8 Å². The van der Waals surface area contributed by atoms with Crippen LogP contribution in [0.5, 0.6) is 12.0 Å². The van der Waals surface area contributed by atoms with Crippen LogP contribution in [0.3, 0.4) is 0 Å². The van der Waals surface area contributed by atoms with Gasteiger partial charge in [-0.15, -0.1) is 0 Å². The van der Waals surface area contributed by atoms with Gasteiger partial charge in [0.15, 0.2) is 11.6 Å². The smallest absolute Gasteiger partial charge is 0.312 e. The van der Waals surface area contributed by atoms with Crippen molar-refractivity contribution >= 4 is 12.2 Å². The third kappa shape index (κ3) is 4.69. The molecule has 0 saturated carbocycles. The summed E-state index contributed by atoms with van der Waals surface area (Å²) in [7, 11) is 0. The fourth-order valence-electron chi connectivity index (χ4n) is 3.13. The van der Waals surface area contributed by atoms with Gasteiger partial charge < -0.3 is 10.2 Å². The van der Waals surface area contributed by atoms with Crippen LogP contribution in [-0.4, -0.2) is 39.7 Å². The molecule has 0 atom stereocenters. The molecule has 0 aliphatic carbocycles. The molecule has 31 heavy (non-hydrogen) atoms. The highest BCUT2D eigenvalue weighted by molar-refractivity contribution is 5.47. The Hall–Kier alpha value is -4.20. The zero-order valence-electron chi connectivity index (χ0n) is 16.9. The molecule has 0 bridgehead atoms. The first kappa shape index (κ1) is 20.1. The minimum atomic E-state index is -0.186. The fourth-order valence-corrected chi connectivity index (χ4v) is 3.13. The Bertz CT molecular complexity index is 1110. The quantitative estimate of drug-likeness (QED) is 0.459. The van der Waals surface area contributed by atoms with Crippen LogP contribution in [0.1, 0.15) is 33.9 Å². The molecule has 4 aromatic rings. The summed E-state index contributed by atoms with van der Waals surface area (Å²) in [5.41, 5.74) is 3.98. The first-order valence-electron chi connectivity index (χ1n) is 9.72. The van der Waals surface area contributed by atoms with Crippen LogP contribution in [0.15, 0.2) is 61.7 Å². The van der Waals surface area contributed by atoms with Gasteiger partial charge in [0, 0.05) is 0 Å². The van der Waals surface area contributed by atoms with Gasteiger partial charge in [0.25, 0.3) is 0 Å². The third-order valence-electron chi connectivity index (χ3n) is 4.80. The normalized spacial score (nSPS) is 10.8. The molecule has 0 spiro atoms. The van der Waals surface area contributed by atoms with Crippen molar-refractivity contribution in [3.05, 3.63) is 95.6 Å². The Kier molecular flexibility index (Phi) is 5.61. The molecular weight excluding hydrogens is 392 g/mol. The lowest BCUT2D eigenvalue weighted by molar-refractivity contribution is 0.392. The summed E-state index contributed by atoms with van der Waals surface area (Å²) in [5, 5.41) is 29.0. The van der Waals surface area contributed by atoms with E-state index in [0.29, 0.717) is 24.7 Å². The van der Waals surface area contributed by atoms with Gasteiger partial charge in [0.05, 0.1) is 19.5 Å². The second kappa shape index (κ2) is 8.66. The lowest BCUT2D eigenvalue weighted by Gasteiger charge is -2.03. The zero-order valence-corrected chi connectivity index (χ0v) is 16.9. The van der Waals surface area contributed by atoms with Gasteiger partial charge in [0.1, 0.15) is 0 Å². The summed E-state index contributed by atoms with van der Waals surface area (Å²) in [4.78, 5) is 8.18. The van der Waals surface area contributed by atoms with E-state index in [4.69, 9.17) is 0 Å². The second-order valence-corrected chi connectivity index (χ2v) is 7.04. The fraction of sp³-hybridized carbons (Fsp3) is 0.130. The van der Waals surface area contributed by atoms with Crippen molar-refractivity contribution in [1.29, 1.82) is 0 Å². The van der Waals surface area contributed by atoms with Crippen LogP contribution in [0.25, 0.3) is 12.2 Å². The van der Waals surface area contributed by atoms with E-state index in [1.165, 1.54) is 9.36 Å². The van der Waals surface area contributed by atoms with Crippen LogP contribution in [-0.2, 0) is 19.5 Å². The van der Waals surface area contributed by atoms with Gasteiger partial charge in [-0.25, -0.2) is 9.36 Å². The highest BCUT2D eigenvalue weighted by Gasteiger charge is 2.15. The number of hydrogen-bond acceptors (Lipinski definition) is 6. The Morgan fingerprint density at radius 3 is 1.42 bits per heavy atom. The maximum absolute atomic E-state index is 10.1. The van der Waals surface area contributed by atoms with Gasteiger partial charge in [0.2, 0.25) is 0 Å². The molecule has 0 fully saturated rings. The highest BCUT2D eigenvalue weighted by atomic mass is 16.3. The third-order valence-corrected chi connectivity index (χ3v) is 4.80. The lowest BCUT2D eigenvalue weighted by Crippen LogP contribution is -2.04. The molecule has 8 heteroatoms. The van der Waals surface area contributed by atoms with Crippen molar-refractivity contribution in [2.75, 3.05) is 0 Å². The first-order valence-corrected chi connectivity index (χ1v) is 9.72. The van der Waals surface area contributed by atoms with Crippen molar-refractivity contribution in [1.82, 2.24) is 29.5 Å². The molecule has 0 saturated heterocycles. The average Bonchev–Trinajstić information content (AvgIpc) is 3.30. The molecule has 2 heterocycles. The molecule has 2 aromatic carbocycles. The van der Waals surface area contributed by atoms with Crippen LogP contribution in [0.4, 0.5) is 0 Å². The summed E-state index contributed by atoms with van der Waals surface area (Å²) >= 11 is 0. The maximum Gasteiger partial charge on any atom is 0.312 e. The second-order valence-electron chi connectivity index (χ2n) is 7.04. The molecule has 4 rings (SSSR count). The first-order chi connectivity index (χ1) is 15.0. The highest BCUT2D eigenvalue weighted by Crippen LogP contribution is 2.15. The van der Waals surface area contributed by atoms with Crippen molar-refractivity contribution < 1.29 is 10.2 Å². The predicted molar refractivity (Wildman–Crippen MR) is 117 cm³/mol. The summed E-state index contributed by atoms with van der Waals surface area (Å²) in [6.07, 6.45) is 3.73. The standard InChI is InChI=1S/C23H22N6O2/c1-3-16-5-9-18(10-6-16)14-28-22(30)24-20(26-28)13-21-25-23(31)29(27-21)15-19-11-7-17(4-2)8-12-19/h3-12H,1-2,13-15H2,(H,24,26,30)(H,25,27,31). The Morgan fingerprint density at radius 1 is 0.677 bits per heavy atom. The summed E-state index contributed by atoms with van der Waals surface area (Å²) in [6.45, 7) is 8.23. The molecule has 0 amide bonds. The minimum Gasteiger partial charge on any atom is -0.479 e. The minimum absolute atomic E-state index is 0.186. The van der Waals surface area contributed by atoms with Crippen LogP contribution >= 0.6 is 0 Å².